The molecule has 2 aromatic rings. The van der Waals surface area contributed by atoms with Crippen molar-refractivity contribution < 1.29 is 9.59 Å². The van der Waals surface area contributed by atoms with Crippen molar-refractivity contribution in [3.05, 3.63) is 58.0 Å². The van der Waals surface area contributed by atoms with E-state index in [0.717, 1.165) is 10.4 Å². The largest absolute Gasteiger partial charge is 0.324 e. The number of carbonyl (C=O) groups is 2. The number of amides is 1. The average molecular weight is 327 g/mol. The van der Waals surface area contributed by atoms with Gasteiger partial charge in [-0.2, -0.15) is 5.10 Å². The molecule has 0 atom stereocenters. The van der Waals surface area contributed by atoms with Crippen LogP contribution in [0.25, 0.3) is 0 Å². The van der Waals surface area contributed by atoms with Gasteiger partial charge in [0.05, 0.1) is 11.4 Å². The Bertz CT molecular complexity index is 832. The summed E-state index contributed by atoms with van der Waals surface area (Å²) in [6, 6.07) is 9.82. The van der Waals surface area contributed by atoms with E-state index in [-0.39, 0.29) is 23.3 Å². The first-order valence-corrected chi connectivity index (χ1v) is 7.67. The van der Waals surface area contributed by atoms with Crippen LogP contribution in [0.5, 0.6) is 0 Å². The van der Waals surface area contributed by atoms with Crippen LogP contribution in [0, 0.1) is 0 Å². The first-order chi connectivity index (χ1) is 11.2. The standard InChI is InChI=1S/C18H21N3O3/c1-12(22)13-7-5-6-8-14(13)19-16(23)11-21-17(24)10-9-15(20-21)18(2,3)4/h5-10H,11H2,1-4H3,(H,19,23). The predicted molar refractivity (Wildman–Crippen MR) is 92.3 cm³/mol. The van der Waals surface area contributed by atoms with E-state index < -0.39 is 5.91 Å². The summed E-state index contributed by atoms with van der Waals surface area (Å²) in [5.41, 5.74) is 0.995. The minimum Gasteiger partial charge on any atom is -0.324 e. The van der Waals surface area contributed by atoms with Gasteiger partial charge in [0, 0.05) is 17.0 Å². The minimum atomic E-state index is -0.413. The molecule has 0 radical (unpaired) electrons. The Morgan fingerprint density at radius 1 is 1.12 bits per heavy atom. The number of nitrogens with zero attached hydrogens (tertiary/aromatic N) is 2. The highest BCUT2D eigenvalue weighted by Gasteiger charge is 2.17. The number of benzene rings is 1. The number of ketones is 1. The van der Waals surface area contributed by atoms with Crippen LogP contribution in [0.15, 0.2) is 41.2 Å². The molecule has 126 valence electrons. The summed E-state index contributed by atoms with van der Waals surface area (Å²) in [7, 11) is 0. The van der Waals surface area contributed by atoms with Crippen LogP contribution in [-0.4, -0.2) is 21.5 Å². The molecule has 2 rings (SSSR count). The zero-order valence-corrected chi connectivity index (χ0v) is 14.3. The molecule has 0 unspecified atom stereocenters. The number of carbonyl (C=O) groups excluding carboxylic acids is 2. The number of rotatable bonds is 4. The first-order valence-electron chi connectivity index (χ1n) is 7.67. The molecule has 0 saturated heterocycles. The summed E-state index contributed by atoms with van der Waals surface area (Å²) in [5.74, 6) is -0.555. The van der Waals surface area contributed by atoms with Gasteiger partial charge in [0.25, 0.3) is 5.56 Å². The highest BCUT2D eigenvalue weighted by molar-refractivity contribution is 6.03. The smallest absolute Gasteiger partial charge is 0.267 e. The van der Waals surface area contributed by atoms with Crippen LogP contribution in [-0.2, 0) is 16.8 Å². The number of Topliss-reactive ketones (excluding diaryl/α,β-unsaturated/α-hetero) is 1. The van der Waals surface area contributed by atoms with E-state index in [4.69, 9.17) is 0 Å². The lowest BCUT2D eigenvalue weighted by atomic mass is 9.92. The third kappa shape index (κ3) is 4.16. The summed E-state index contributed by atoms with van der Waals surface area (Å²) in [4.78, 5) is 35.8. The summed E-state index contributed by atoms with van der Waals surface area (Å²) >= 11 is 0. The Morgan fingerprint density at radius 3 is 2.42 bits per heavy atom. The fourth-order valence-electron chi connectivity index (χ4n) is 2.19. The topological polar surface area (TPSA) is 81.1 Å². The Hall–Kier alpha value is -2.76. The molecule has 1 aromatic carbocycles. The normalized spacial score (nSPS) is 11.2. The van der Waals surface area contributed by atoms with E-state index in [2.05, 4.69) is 10.4 Å². The van der Waals surface area contributed by atoms with Gasteiger partial charge in [-0.1, -0.05) is 32.9 Å². The number of aromatic nitrogens is 2. The van der Waals surface area contributed by atoms with Crippen molar-refractivity contribution in [1.29, 1.82) is 0 Å². The number of para-hydroxylation sites is 1. The zero-order chi connectivity index (χ0) is 17.9. The Balaban J connectivity index is 2.22. The summed E-state index contributed by atoms with van der Waals surface area (Å²) in [6.07, 6.45) is 0. The molecular weight excluding hydrogens is 306 g/mol. The molecule has 24 heavy (non-hydrogen) atoms. The van der Waals surface area contributed by atoms with Gasteiger partial charge in [-0.25, -0.2) is 4.68 Å². The maximum absolute atomic E-state index is 12.2. The van der Waals surface area contributed by atoms with Gasteiger partial charge in [-0.15, -0.1) is 0 Å². The molecule has 1 heterocycles. The van der Waals surface area contributed by atoms with E-state index in [1.807, 2.05) is 20.8 Å². The van der Waals surface area contributed by atoms with Gasteiger partial charge < -0.3 is 5.32 Å². The fourth-order valence-corrected chi connectivity index (χ4v) is 2.19. The van der Waals surface area contributed by atoms with E-state index in [9.17, 15) is 14.4 Å². The van der Waals surface area contributed by atoms with Gasteiger partial charge in [0.15, 0.2) is 5.78 Å². The van der Waals surface area contributed by atoms with Crippen molar-refractivity contribution in [2.24, 2.45) is 0 Å². The van der Waals surface area contributed by atoms with Gasteiger partial charge in [-0.05, 0) is 25.1 Å². The van der Waals surface area contributed by atoms with Crippen LogP contribution < -0.4 is 10.9 Å². The van der Waals surface area contributed by atoms with Crippen LogP contribution in [0.3, 0.4) is 0 Å². The van der Waals surface area contributed by atoms with Crippen molar-refractivity contribution in [3.63, 3.8) is 0 Å². The molecule has 1 aromatic heterocycles. The van der Waals surface area contributed by atoms with E-state index in [1.54, 1.807) is 30.3 Å². The SMILES string of the molecule is CC(=O)c1ccccc1NC(=O)Cn1nc(C(C)(C)C)ccc1=O. The predicted octanol–water partition coefficient (Wildman–Crippen LogP) is 2.38. The Morgan fingerprint density at radius 2 is 1.79 bits per heavy atom. The third-order valence-corrected chi connectivity index (χ3v) is 3.51. The lowest BCUT2D eigenvalue weighted by molar-refractivity contribution is -0.117. The summed E-state index contributed by atoms with van der Waals surface area (Å²) < 4.78 is 1.13. The Kier molecular flexibility index (Phi) is 4.97. The molecule has 0 fully saturated rings. The molecular formula is C18H21N3O3. The molecule has 1 amide bonds. The van der Waals surface area contributed by atoms with Gasteiger partial charge in [0.2, 0.25) is 5.91 Å². The number of hydrogen-bond donors (Lipinski definition) is 1. The van der Waals surface area contributed by atoms with Crippen molar-refractivity contribution in [1.82, 2.24) is 9.78 Å². The van der Waals surface area contributed by atoms with Gasteiger partial charge in [-0.3, -0.25) is 14.4 Å². The minimum absolute atomic E-state index is 0.143. The van der Waals surface area contributed by atoms with E-state index in [0.29, 0.717) is 11.3 Å². The lowest BCUT2D eigenvalue weighted by Crippen LogP contribution is -2.31. The third-order valence-electron chi connectivity index (χ3n) is 3.51. The molecule has 0 aliphatic heterocycles. The number of anilines is 1. The van der Waals surface area contributed by atoms with Crippen LogP contribution in [0.2, 0.25) is 0 Å². The molecule has 0 aliphatic carbocycles. The van der Waals surface area contributed by atoms with Crippen molar-refractivity contribution in [2.45, 2.75) is 39.7 Å². The van der Waals surface area contributed by atoms with Crippen molar-refractivity contribution >= 4 is 17.4 Å². The number of nitrogens with one attached hydrogen (secondary N) is 1. The Labute approximate surface area is 140 Å². The van der Waals surface area contributed by atoms with Gasteiger partial charge >= 0.3 is 0 Å². The molecule has 1 N–H and O–H groups in total. The lowest BCUT2D eigenvalue weighted by Gasteiger charge is -2.18. The fraction of sp³-hybridized carbons (Fsp3) is 0.333. The molecule has 6 nitrogen and oxygen atoms in total. The quantitative estimate of drug-likeness (QED) is 0.874. The molecule has 0 bridgehead atoms. The van der Waals surface area contributed by atoms with E-state index >= 15 is 0 Å². The molecule has 0 aliphatic rings. The summed E-state index contributed by atoms with van der Waals surface area (Å²) in [6.45, 7) is 7.16. The second-order valence-corrected chi connectivity index (χ2v) is 6.61. The maximum atomic E-state index is 12.2. The van der Waals surface area contributed by atoms with Crippen LogP contribution >= 0.6 is 0 Å². The monoisotopic (exact) mass is 327 g/mol. The highest BCUT2D eigenvalue weighted by atomic mass is 16.2. The maximum Gasteiger partial charge on any atom is 0.267 e. The van der Waals surface area contributed by atoms with Gasteiger partial charge in [0.1, 0.15) is 6.54 Å². The second kappa shape index (κ2) is 6.78. The van der Waals surface area contributed by atoms with Crippen LogP contribution in [0.1, 0.15) is 43.7 Å². The zero-order valence-electron chi connectivity index (χ0n) is 14.3. The average Bonchev–Trinajstić information content (AvgIpc) is 2.48. The van der Waals surface area contributed by atoms with Crippen molar-refractivity contribution in [3.8, 4) is 0 Å². The highest BCUT2D eigenvalue weighted by Crippen LogP contribution is 2.18. The van der Waals surface area contributed by atoms with Crippen molar-refractivity contribution in [2.75, 3.05) is 5.32 Å². The summed E-state index contributed by atoms with van der Waals surface area (Å²) in [5, 5.41) is 6.93. The van der Waals surface area contributed by atoms with E-state index in [1.165, 1.54) is 13.0 Å². The molecule has 6 heteroatoms. The first kappa shape index (κ1) is 17.6. The molecule has 0 spiro atoms. The number of hydrogen-bond acceptors (Lipinski definition) is 4. The van der Waals surface area contributed by atoms with Crippen LogP contribution in [0.4, 0.5) is 5.69 Å². The second-order valence-electron chi connectivity index (χ2n) is 6.61. The molecule has 0 saturated carbocycles.